The van der Waals surface area contributed by atoms with Gasteiger partial charge in [-0.3, -0.25) is 48.3 Å². The third kappa shape index (κ3) is 22.9. The van der Waals surface area contributed by atoms with E-state index < -0.39 is 83.5 Å². The molecule has 0 radical (unpaired) electrons. The molecule has 0 aliphatic heterocycles. The fourth-order valence-electron chi connectivity index (χ4n) is 7.52. The van der Waals surface area contributed by atoms with Crippen LogP contribution in [0.5, 0.6) is 0 Å². The van der Waals surface area contributed by atoms with Crippen molar-refractivity contribution in [3.63, 3.8) is 0 Å². The van der Waals surface area contributed by atoms with Gasteiger partial charge in [-0.25, -0.2) is 0 Å². The number of carbonyl (C=O) groups is 8. The third-order valence-electron chi connectivity index (χ3n) is 10.9. The number of nitrogens with two attached hydrogens (primary N) is 6. The van der Waals surface area contributed by atoms with Gasteiger partial charge in [0.05, 0.1) is 10.0 Å². The molecular formula is C43H70Cl2N14O8. The fraction of sp³-hybridized carbons (Fsp3) is 0.628. The summed E-state index contributed by atoms with van der Waals surface area (Å²) in [5, 5.41) is 16.6. The van der Waals surface area contributed by atoms with Crippen LogP contribution in [0.15, 0.2) is 28.2 Å². The first-order valence-electron chi connectivity index (χ1n) is 22.5. The molecule has 0 aromatic heterocycles. The molecule has 22 nitrogen and oxygen atoms in total. The molecule has 2 rings (SSSR count). The Bertz CT molecular complexity index is 1920. The molecule has 1 saturated carbocycles. The van der Waals surface area contributed by atoms with E-state index in [0.717, 1.165) is 32.1 Å². The van der Waals surface area contributed by atoms with E-state index >= 15 is 0 Å². The van der Waals surface area contributed by atoms with Gasteiger partial charge in [0.15, 0.2) is 11.9 Å². The van der Waals surface area contributed by atoms with Crippen molar-refractivity contribution in [2.24, 2.45) is 56.2 Å². The molecule has 0 heterocycles. The van der Waals surface area contributed by atoms with Crippen LogP contribution in [0.1, 0.15) is 110 Å². The Hall–Kier alpha value is -5.90. The predicted molar refractivity (Wildman–Crippen MR) is 256 cm³/mol. The van der Waals surface area contributed by atoms with Crippen LogP contribution in [0, 0.1) is 11.8 Å². The number of rotatable bonds is 29. The van der Waals surface area contributed by atoms with Crippen LogP contribution < -0.4 is 66.3 Å². The number of halogens is 2. The van der Waals surface area contributed by atoms with Gasteiger partial charge in [0, 0.05) is 32.9 Å². The van der Waals surface area contributed by atoms with Gasteiger partial charge in [-0.2, -0.15) is 0 Å². The van der Waals surface area contributed by atoms with Crippen molar-refractivity contribution in [3.05, 3.63) is 33.8 Å². The summed E-state index contributed by atoms with van der Waals surface area (Å²) >= 11 is 12.2. The van der Waals surface area contributed by atoms with Gasteiger partial charge >= 0.3 is 0 Å². The molecule has 0 bridgehead atoms. The Labute approximate surface area is 401 Å². The van der Waals surface area contributed by atoms with Crippen LogP contribution in [0.25, 0.3) is 0 Å². The Kier molecular flexibility index (Phi) is 25.4. The summed E-state index contributed by atoms with van der Waals surface area (Å²) in [5.41, 5.74) is 33.5. The monoisotopic (exact) mass is 980 g/mol. The van der Waals surface area contributed by atoms with E-state index in [-0.39, 0.29) is 99.7 Å². The minimum atomic E-state index is -1.38. The van der Waals surface area contributed by atoms with E-state index in [2.05, 4.69) is 41.9 Å². The Morgan fingerprint density at radius 2 is 1.07 bits per heavy atom. The normalized spacial score (nSPS) is 15.3. The number of carbonyl (C=O) groups excluding carboxylic acids is 8. The molecule has 1 aliphatic carbocycles. The van der Waals surface area contributed by atoms with E-state index in [0.29, 0.717) is 10.6 Å². The highest BCUT2D eigenvalue weighted by Crippen LogP contribution is 2.28. The summed E-state index contributed by atoms with van der Waals surface area (Å²) < 4.78 is 0. The number of benzene rings is 1. The lowest BCUT2D eigenvalue weighted by Crippen LogP contribution is -2.60. The minimum absolute atomic E-state index is 0.00758. The van der Waals surface area contributed by atoms with Crippen LogP contribution in [-0.4, -0.2) is 109 Å². The van der Waals surface area contributed by atoms with Gasteiger partial charge < -0.3 is 66.3 Å². The number of hydrogen-bond donors (Lipinski definition) is 12. The largest absolute Gasteiger partial charge is 0.370 e. The van der Waals surface area contributed by atoms with Crippen molar-refractivity contribution in [2.75, 3.05) is 13.1 Å². The summed E-state index contributed by atoms with van der Waals surface area (Å²) in [4.78, 5) is 115. The molecule has 18 N–H and O–H groups in total. The number of nitrogens with one attached hydrogen (secondary N) is 6. The van der Waals surface area contributed by atoms with Crippen molar-refractivity contribution in [1.82, 2.24) is 31.9 Å². The van der Waals surface area contributed by atoms with Crippen LogP contribution in [0.3, 0.4) is 0 Å². The molecule has 0 saturated heterocycles. The highest BCUT2D eigenvalue weighted by molar-refractivity contribution is 6.42. The van der Waals surface area contributed by atoms with Gasteiger partial charge in [-0.05, 0) is 74.5 Å². The maximum absolute atomic E-state index is 14.4. The lowest BCUT2D eigenvalue weighted by atomic mass is 9.84. The topological polar surface area (TPSA) is 390 Å². The smallest absolute Gasteiger partial charge is 0.243 e. The van der Waals surface area contributed by atoms with E-state index in [4.69, 9.17) is 57.6 Å². The van der Waals surface area contributed by atoms with E-state index in [1.807, 2.05) is 13.8 Å². The molecule has 24 heteroatoms. The molecule has 1 aromatic carbocycles. The summed E-state index contributed by atoms with van der Waals surface area (Å²) in [6.07, 6.45) is 4.62. The second kappa shape index (κ2) is 29.7. The van der Waals surface area contributed by atoms with Crippen molar-refractivity contribution in [2.45, 2.75) is 147 Å². The van der Waals surface area contributed by atoms with Crippen molar-refractivity contribution >= 4 is 82.4 Å². The molecule has 0 spiro atoms. The van der Waals surface area contributed by atoms with Crippen LogP contribution in [0.2, 0.25) is 10.0 Å². The second-order valence-electron chi connectivity index (χ2n) is 17.2. The van der Waals surface area contributed by atoms with Gasteiger partial charge in [0.2, 0.25) is 47.3 Å². The van der Waals surface area contributed by atoms with Crippen molar-refractivity contribution in [1.29, 1.82) is 0 Å². The Morgan fingerprint density at radius 1 is 0.612 bits per heavy atom. The molecule has 1 aliphatic rings. The Balaban J connectivity index is 2.45. The molecular weight excluding hydrogens is 911 g/mol. The van der Waals surface area contributed by atoms with Gasteiger partial charge in [0.1, 0.15) is 36.3 Å². The quantitative estimate of drug-likeness (QED) is 0.0271. The third-order valence-corrected chi connectivity index (χ3v) is 11.6. The fourth-order valence-corrected chi connectivity index (χ4v) is 7.84. The lowest BCUT2D eigenvalue weighted by Gasteiger charge is -2.30. The number of amides is 8. The lowest BCUT2D eigenvalue weighted by molar-refractivity contribution is -0.136. The first-order chi connectivity index (χ1) is 31.6. The number of guanidine groups is 2. The zero-order valence-electron chi connectivity index (χ0n) is 38.5. The van der Waals surface area contributed by atoms with E-state index in [9.17, 15) is 38.4 Å². The Morgan fingerprint density at radius 3 is 1.55 bits per heavy atom. The summed E-state index contributed by atoms with van der Waals surface area (Å²) in [6.45, 7) is 5.12. The predicted octanol–water partition coefficient (Wildman–Crippen LogP) is -0.661. The zero-order chi connectivity index (χ0) is 50.2. The average molecular weight is 982 g/mol. The molecule has 1 aromatic rings. The molecule has 2 unspecified atom stereocenters. The first kappa shape index (κ1) is 57.2. The van der Waals surface area contributed by atoms with E-state index in [1.54, 1.807) is 18.2 Å². The van der Waals surface area contributed by atoms with Crippen LogP contribution in [-0.2, 0) is 44.8 Å². The molecule has 6 atom stereocenters. The average Bonchev–Trinajstić information content (AvgIpc) is 3.24. The van der Waals surface area contributed by atoms with Crippen LogP contribution in [0.4, 0.5) is 0 Å². The maximum Gasteiger partial charge on any atom is 0.243 e. The highest BCUT2D eigenvalue weighted by atomic mass is 35.5. The van der Waals surface area contributed by atoms with Crippen molar-refractivity contribution < 1.29 is 38.4 Å². The van der Waals surface area contributed by atoms with Gasteiger partial charge in [-0.1, -0.05) is 75.2 Å². The molecule has 8 amide bonds. The van der Waals surface area contributed by atoms with Crippen LogP contribution >= 0.6 is 23.2 Å². The summed E-state index contributed by atoms with van der Waals surface area (Å²) in [6, 6.07) is -2.70. The molecule has 1 fully saturated rings. The summed E-state index contributed by atoms with van der Waals surface area (Å²) in [7, 11) is 0. The highest BCUT2D eigenvalue weighted by Gasteiger charge is 2.35. The standard InChI is InChI=1S/C43H70Cl2N14O8/c1-23(2)19-33(40(66)57-32(36(47)62)22-26-13-14-27(44)28(45)20-26)58-38(64)30(12-8-18-53-43(50)51)55-41(67)34(21-25-9-5-4-6-10-25)59-39(65)31(15-16-35(46)61)56-37(63)29(54-24(3)60)11-7-17-52-42(48)49/h13-14,20,23,25,29-34H,4-12,15-19,21-22H2,1-3H3,(H2,46,61)(H2,47,62)(H,54,60)(H,55,67)(H,56,63)(H,57,66)(H,58,64)(H,59,65)(H4,48,49,52)(H4,50,51,53)/t29-,30?,31?,32-,33-,34-/m0/s1. The van der Waals surface area contributed by atoms with E-state index in [1.165, 1.54) is 6.92 Å². The van der Waals surface area contributed by atoms with Gasteiger partial charge in [0.25, 0.3) is 0 Å². The number of hydrogen-bond acceptors (Lipinski definition) is 10. The molecule has 67 heavy (non-hydrogen) atoms. The maximum atomic E-state index is 14.4. The first-order valence-corrected chi connectivity index (χ1v) is 23.2. The second-order valence-corrected chi connectivity index (χ2v) is 18.0. The minimum Gasteiger partial charge on any atom is -0.370 e. The number of nitrogens with zero attached hydrogens (tertiary/aromatic N) is 2. The SMILES string of the molecule is CC(=O)N[C@@H](CCCN=C(N)N)C(=O)NC(CCC(N)=O)C(=O)N[C@@H](CC1CCCCC1)C(=O)NC(CCCN=C(N)N)C(=O)N[C@@H](CC(C)C)C(=O)N[C@@H](Cc1ccc(Cl)c(Cl)c1)C(N)=O. The number of aliphatic imine (C=N–C) groups is 2. The zero-order valence-corrected chi connectivity index (χ0v) is 40.1. The molecule has 374 valence electrons. The van der Waals surface area contributed by atoms with Gasteiger partial charge in [-0.15, -0.1) is 0 Å². The van der Waals surface area contributed by atoms with Crippen molar-refractivity contribution in [3.8, 4) is 0 Å². The summed E-state index contributed by atoms with van der Waals surface area (Å²) in [5.74, 6) is -6.35. The number of primary amides is 2.